The van der Waals surface area contributed by atoms with E-state index in [2.05, 4.69) is 36.6 Å². The van der Waals surface area contributed by atoms with Crippen molar-refractivity contribution in [2.45, 2.75) is 46.1 Å². The van der Waals surface area contributed by atoms with Gasteiger partial charge in [-0.15, -0.1) is 0 Å². The van der Waals surface area contributed by atoms with Crippen LogP contribution in [0.5, 0.6) is 11.5 Å². The maximum Gasteiger partial charge on any atom is 0.236 e. The van der Waals surface area contributed by atoms with E-state index in [0.717, 1.165) is 24.8 Å². The zero-order chi connectivity index (χ0) is 20.8. The number of hydrogen-bond donors (Lipinski definition) is 3. The molecule has 0 atom stereocenters. The number of benzene rings is 1. The summed E-state index contributed by atoms with van der Waals surface area (Å²) in [4.78, 5) is 23.1. The highest BCUT2D eigenvalue weighted by molar-refractivity contribution is 5.77. The van der Waals surface area contributed by atoms with Crippen LogP contribution in [-0.2, 0) is 16.1 Å². The molecule has 0 saturated carbocycles. The average molecular weight is 392 g/mol. The number of rotatable bonds is 13. The molecule has 0 aliphatic heterocycles. The molecule has 0 bridgehead atoms. The third-order valence-electron chi connectivity index (χ3n) is 3.95. The molecule has 0 radical (unpaired) electrons. The summed E-state index contributed by atoms with van der Waals surface area (Å²) >= 11 is 0. The summed E-state index contributed by atoms with van der Waals surface area (Å²) in [5.74, 6) is 1.35. The molecule has 0 unspecified atom stereocenters. The summed E-state index contributed by atoms with van der Waals surface area (Å²) in [5.41, 5.74) is 6.12. The smallest absolute Gasteiger partial charge is 0.236 e. The molecule has 0 aliphatic rings. The molecule has 28 heavy (non-hydrogen) atoms. The first-order valence-corrected chi connectivity index (χ1v) is 9.66. The standard InChI is InChI=1S/C21H33N3O4/c1-16(2)8-6-4-5-7-9-20(25)23-14-17-10-11-18(19(12-17)27-3)28-15-24-21(26)13-22/h6,8,10-12,16H,4-5,7,9,13-15,22H2,1-3H3,(H,23,25)(H,24,26)/b8-6+. The van der Waals surface area contributed by atoms with Crippen LogP contribution in [0, 0.1) is 5.92 Å². The lowest BCUT2D eigenvalue weighted by Gasteiger charge is -2.13. The van der Waals surface area contributed by atoms with E-state index >= 15 is 0 Å². The minimum Gasteiger partial charge on any atom is -0.493 e. The molecule has 0 fully saturated rings. The van der Waals surface area contributed by atoms with E-state index < -0.39 is 0 Å². The van der Waals surface area contributed by atoms with Crippen molar-refractivity contribution in [1.82, 2.24) is 10.6 Å². The van der Waals surface area contributed by atoms with Crippen molar-refractivity contribution in [2.24, 2.45) is 11.7 Å². The van der Waals surface area contributed by atoms with Gasteiger partial charge in [-0.2, -0.15) is 0 Å². The van der Waals surface area contributed by atoms with E-state index in [4.69, 9.17) is 15.2 Å². The van der Waals surface area contributed by atoms with Crippen LogP contribution in [0.1, 0.15) is 45.1 Å². The fourth-order valence-electron chi connectivity index (χ4n) is 2.41. The predicted molar refractivity (Wildman–Crippen MR) is 110 cm³/mol. The molecule has 4 N–H and O–H groups in total. The van der Waals surface area contributed by atoms with Crippen LogP contribution in [0.25, 0.3) is 0 Å². The van der Waals surface area contributed by atoms with Gasteiger partial charge in [0, 0.05) is 13.0 Å². The highest BCUT2D eigenvalue weighted by Gasteiger charge is 2.08. The van der Waals surface area contributed by atoms with Crippen molar-refractivity contribution in [3.63, 3.8) is 0 Å². The Hall–Kier alpha value is -2.54. The minimum absolute atomic E-state index is 0.00876. The first kappa shape index (κ1) is 23.5. The van der Waals surface area contributed by atoms with Crippen molar-refractivity contribution in [3.8, 4) is 11.5 Å². The van der Waals surface area contributed by atoms with Gasteiger partial charge in [-0.3, -0.25) is 9.59 Å². The topological polar surface area (TPSA) is 103 Å². The Labute approximate surface area is 167 Å². The van der Waals surface area contributed by atoms with Crippen LogP contribution in [-0.4, -0.2) is 32.2 Å². The Morgan fingerprint density at radius 2 is 1.93 bits per heavy atom. The van der Waals surface area contributed by atoms with E-state index in [1.807, 2.05) is 6.07 Å². The molecule has 2 amide bonds. The lowest BCUT2D eigenvalue weighted by atomic mass is 10.1. The second kappa shape index (κ2) is 13.6. The van der Waals surface area contributed by atoms with Crippen LogP contribution in [0.2, 0.25) is 0 Å². The number of carbonyl (C=O) groups excluding carboxylic acids is 2. The lowest BCUT2D eigenvalue weighted by Crippen LogP contribution is -2.33. The van der Waals surface area contributed by atoms with Crippen molar-refractivity contribution >= 4 is 11.8 Å². The fraction of sp³-hybridized carbons (Fsp3) is 0.524. The van der Waals surface area contributed by atoms with E-state index in [0.29, 0.717) is 30.4 Å². The molecule has 0 spiro atoms. The number of unbranched alkanes of at least 4 members (excludes halogenated alkanes) is 2. The summed E-state index contributed by atoms with van der Waals surface area (Å²) in [7, 11) is 1.54. The number of nitrogens with one attached hydrogen (secondary N) is 2. The summed E-state index contributed by atoms with van der Waals surface area (Å²) in [6, 6.07) is 5.40. The molecule has 0 aliphatic carbocycles. The van der Waals surface area contributed by atoms with Gasteiger partial charge >= 0.3 is 0 Å². The second-order valence-corrected chi connectivity index (χ2v) is 6.77. The second-order valence-electron chi connectivity index (χ2n) is 6.77. The van der Waals surface area contributed by atoms with Crippen molar-refractivity contribution in [2.75, 3.05) is 20.4 Å². The van der Waals surface area contributed by atoms with Crippen LogP contribution in [0.15, 0.2) is 30.4 Å². The molecule has 1 rings (SSSR count). The molecule has 0 heterocycles. The zero-order valence-corrected chi connectivity index (χ0v) is 17.1. The van der Waals surface area contributed by atoms with Crippen molar-refractivity contribution < 1.29 is 19.1 Å². The molecule has 0 aromatic heterocycles. The maximum atomic E-state index is 12.0. The molecular formula is C21H33N3O4. The van der Waals surface area contributed by atoms with Crippen LogP contribution in [0.3, 0.4) is 0 Å². The van der Waals surface area contributed by atoms with Gasteiger partial charge in [-0.25, -0.2) is 0 Å². The van der Waals surface area contributed by atoms with Gasteiger partial charge in [0.25, 0.3) is 0 Å². The maximum absolute atomic E-state index is 12.0. The minimum atomic E-state index is -0.297. The average Bonchev–Trinajstić information content (AvgIpc) is 2.69. The normalized spacial score (nSPS) is 10.9. The SMILES string of the molecule is COc1cc(CNC(=O)CCCC/C=C/C(C)C)ccc1OCNC(=O)CN. The van der Waals surface area contributed by atoms with E-state index in [-0.39, 0.29) is 25.1 Å². The molecule has 1 aromatic carbocycles. The number of allylic oxidation sites excluding steroid dienone is 2. The molecular weight excluding hydrogens is 358 g/mol. The first-order chi connectivity index (χ1) is 13.5. The van der Waals surface area contributed by atoms with Crippen LogP contribution >= 0.6 is 0 Å². The predicted octanol–water partition coefficient (Wildman–Crippen LogP) is 2.50. The molecule has 7 nitrogen and oxygen atoms in total. The number of hydrogen-bond acceptors (Lipinski definition) is 5. The van der Waals surface area contributed by atoms with Gasteiger partial charge in [0.1, 0.15) is 0 Å². The Morgan fingerprint density at radius 1 is 1.14 bits per heavy atom. The zero-order valence-electron chi connectivity index (χ0n) is 17.1. The Morgan fingerprint density at radius 3 is 2.61 bits per heavy atom. The summed E-state index contributed by atoms with van der Waals surface area (Å²) in [5, 5.41) is 5.44. The van der Waals surface area contributed by atoms with E-state index in [1.54, 1.807) is 12.1 Å². The van der Waals surface area contributed by atoms with Crippen LogP contribution in [0.4, 0.5) is 0 Å². The van der Waals surface area contributed by atoms with Crippen molar-refractivity contribution in [1.29, 1.82) is 0 Å². The number of amides is 2. The Bertz CT molecular complexity index is 645. The van der Waals surface area contributed by atoms with E-state index in [9.17, 15) is 9.59 Å². The largest absolute Gasteiger partial charge is 0.493 e. The quantitative estimate of drug-likeness (QED) is 0.272. The highest BCUT2D eigenvalue weighted by atomic mass is 16.5. The van der Waals surface area contributed by atoms with Crippen LogP contribution < -0.4 is 25.8 Å². The van der Waals surface area contributed by atoms with Crippen molar-refractivity contribution in [3.05, 3.63) is 35.9 Å². The molecule has 0 saturated heterocycles. The number of methoxy groups -OCH3 is 1. The van der Waals surface area contributed by atoms with Gasteiger partial charge in [0.05, 0.1) is 13.7 Å². The van der Waals surface area contributed by atoms with Gasteiger partial charge in [0.2, 0.25) is 11.8 Å². The molecule has 7 heteroatoms. The molecule has 156 valence electrons. The number of nitrogens with two attached hydrogens (primary N) is 1. The van der Waals surface area contributed by atoms with E-state index in [1.165, 1.54) is 7.11 Å². The first-order valence-electron chi connectivity index (χ1n) is 9.66. The van der Waals surface area contributed by atoms with Gasteiger partial charge < -0.3 is 25.8 Å². The highest BCUT2D eigenvalue weighted by Crippen LogP contribution is 2.27. The summed E-state index contributed by atoms with van der Waals surface area (Å²) in [6.07, 6.45) is 7.79. The molecule has 1 aromatic rings. The summed E-state index contributed by atoms with van der Waals surface area (Å²) < 4.78 is 10.8. The monoisotopic (exact) mass is 391 g/mol. The Kier molecular flexibility index (Phi) is 11.4. The number of carbonyl (C=O) groups is 2. The Balaban J connectivity index is 2.37. The van der Waals surface area contributed by atoms with Gasteiger partial charge in [-0.05, 0) is 42.9 Å². The third-order valence-corrected chi connectivity index (χ3v) is 3.95. The summed E-state index contributed by atoms with van der Waals surface area (Å²) in [6.45, 7) is 4.64. The van der Waals surface area contributed by atoms with Gasteiger partial charge in [0.15, 0.2) is 18.2 Å². The number of ether oxygens (including phenoxy) is 2. The van der Waals surface area contributed by atoms with Gasteiger partial charge in [-0.1, -0.05) is 32.1 Å². The fourth-order valence-corrected chi connectivity index (χ4v) is 2.41. The lowest BCUT2D eigenvalue weighted by molar-refractivity contribution is -0.121. The third kappa shape index (κ3) is 9.97.